The molecule has 0 amide bonds. The van der Waals surface area contributed by atoms with E-state index in [0.717, 1.165) is 6.54 Å². The fourth-order valence-corrected chi connectivity index (χ4v) is 1.09. The average molecular weight is 259 g/mol. The zero-order chi connectivity index (χ0) is 9.56. The molecule has 0 aliphatic carbocycles. The largest absolute Gasteiger partial charge is 0.371 e. The Morgan fingerprint density at radius 2 is 1.85 bits per heavy atom. The fourth-order valence-electron chi connectivity index (χ4n) is 1.09. The van der Waals surface area contributed by atoms with Gasteiger partial charge in [0, 0.05) is 38.8 Å². The second-order valence-electron chi connectivity index (χ2n) is 3.53. The third-order valence-electron chi connectivity index (χ3n) is 1.78. The molecule has 0 aromatic rings. The summed E-state index contributed by atoms with van der Waals surface area (Å²) >= 11 is 0. The average Bonchev–Trinajstić information content (AvgIpc) is 1.98. The van der Waals surface area contributed by atoms with E-state index < -0.39 is 0 Å². The van der Waals surface area contributed by atoms with Gasteiger partial charge in [-0.25, -0.2) is 0 Å². The quantitative estimate of drug-likeness (QED) is 0.704. The van der Waals surface area contributed by atoms with Gasteiger partial charge >= 0.3 is 0 Å². The first-order valence-electron chi connectivity index (χ1n) is 4.68. The summed E-state index contributed by atoms with van der Waals surface area (Å²) in [6.07, 6.45) is 2.10. The Morgan fingerprint density at radius 3 is 2.23 bits per heavy atom. The number of hydrogen-bond acceptors (Lipinski definition) is 2. The molecule has 0 saturated carbocycles. The standard InChI is InChI=1S/C10H22N2.Y/c1-6-7-11-9(4)10(5)12-8(2)3;/h6,8-12H,4,7H2,1-3,5H3;/q-2;/t9-,10?;/m0./s1. The summed E-state index contributed by atoms with van der Waals surface area (Å²) in [5.41, 5.74) is 0. The van der Waals surface area contributed by atoms with Gasteiger partial charge in [-0.2, -0.15) is 6.92 Å². The molecular formula is C10H22N2Y-2. The summed E-state index contributed by atoms with van der Waals surface area (Å²) in [5.74, 6) is 0. The third kappa shape index (κ3) is 9.33. The van der Waals surface area contributed by atoms with Gasteiger partial charge in [0.2, 0.25) is 0 Å². The summed E-state index contributed by atoms with van der Waals surface area (Å²) in [7, 11) is 0. The van der Waals surface area contributed by atoms with E-state index in [2.05, 4.69) is 44.7 Å². The van der Waals surface area contributed by atoms with E-state index in [9.17, 15) is 0 Å². The third-order valence-corrected chi connectivity index (χ3v) is 1.78. The zero-order valence-electron chi connectivity index (χ0n) is 9.30. The van der Waals surface area contributed by atoms with E-state index >= 15 is 0 Å². The summed E-state index contributed by atoms with van der Waals surface area (Å²) in [6.45, 7) is 13.5. The van der Waals surface area contributed by atoms with Crippen molar-refractivity contribution in [3.8, 4) is 0 Å². The van der Waals surface area contributed by atoms with Crippen LogP contribution >= 0.6 is 0 Å². The molecule has 0 heterocycles. The van der Waals surface area contributed by atoms with Crippen LogP contribution in [0.25, 0.3) is 0 Å². The van der Waals surface area contributed by atoms with E-state index in [1.807, 2.05) is 6.92 Å². The molecule has 1 radical (unpaired) electrons. The maximum Gasteiger partial charge on any atom is 0.00124 e. The molecule has 13 heavy (non-hydrogen) atoms. The number of hydrogen-bond donors (Lipinski definition) is 2. The minimum Gasteiger partial charge on any atom is -0.371 e. The molecule has 0 aromatic carbocycles. The van der Waals surface area contributed by atoms with Gasteiger partial charge in [0.1, 0.15) is 0 Å². The molecule has 0 rings (SSSR count). The molecule has 0 saturated heterocycles. The minimum absolute atomic E-state index is 0. The van der Waals surface area contributed by atoms with Crippen molar-refractivity contribution in [3.63, 3.8) is 0 Å². The Morgan fingerprint density at radius 1 is 1.31 bits per heavy atom. The predicted octanol–water partition coefficient (Wildman–Crippen LogP) is 1.39. The Balaban J connectivity index is 0. The summed E-state index contributed by atoms with van der Waals surface area (Å²) < 4.78 is 0. The molecule has 2 nitrogen and oxygen atoms in total. The van der Waals surface area contributed by atoms with Crippen LogP contribution in [-0.2, 0) is 32.7 Å². The normalized spacial score (nSPS) is 15.2. The first-order valence-corrected chi connectivity index (χ1v) is 4.68. The number of rotatable bonds is 6. The van der Waals surface area contributed by atoms with Crippen molar-refractivity contribution in [2.75, 3.05) is 6.54 Å². The van der Waals surface area contributed by atoms with Crippen LogP contribution in [0, 0.1) is 13.3 Å². The van der Waals surface area contributed by atoms with Crippen LogP contribution in [0.1, 0.15) is 27.7 Å². The Bertz CT molecular complexity index is 107. The van der Waals surface area contributed by atoms with Crippen LogP contribution in [0.2, 0.25) is 0 Å². The van der Waals surface area contributed by atoms with Crippen LogP contribution in [0.4, 0.5) is 0 Å². The van der Waals surface area contributed by atoms with E-state index in [4.69, 9.17) is 0 Å². The summed E-state index contributed by atoms with van der Waals surface area (Å²) in [6, 6.07) is 1.23. The van der Waals surface area contributed by atoms with Crippen molar-refractivity contribution in [2.24, 2.45) is 0 Å². The van der Waals surface area contributed by atoms with Gasteiger partial charge < -0.3 is 24.0 Å². The number of nitrogens with one attached hydrogen (secondary N) is 2. The maximum absolute atomic E-state index is 4.03. The minimum atomic E-state index is 0. The first kappa shape index (κ1) is 16.5. The van der Waals surface area contributed by atoms with Gasteiger partial charge in [0.05, 0.1) is 0 Å². The molecule has 3 heteroatoms. The molecule has 2 atom stereocenters. The van der Waals surface area contributed by atoms with Crippen LogP contribution in [0.3, 0.4) is 0 Å². The topological polar surface area (TPSA) is 24.1 Å². The predicted molar refractivity (Wildman–Crippen MR) is 54.9 cm³/mol. The van der Waals surface area contributed by atoms with Gasteiger partial charge in [-0.1, -0.05) is 20.8 Å². The van der Waals surface area contributed by atoms with Crippen molar-refractivity contribution >= 4 is 0 Å². The van der Waals surface area contributed by atoms with Crippen molar-refractivity contribution in [1.82, 2.24) is 10.6 Å². The molecule has 0 aliphatic rings. The molecule has 1 unspecified atom stereocenters. The monoisotopic (exact) mass is 259 g/mol. The van der Waals surface area contributed by atoms with Gasteiger partial charge in [-0.05, 0) is 6.04 Å². The molecule has 77 valence electrons. The van der Waals surface area contributed by atoms with Crippen LogP contribution < -0.4 is 10.6 Å². The fraction of sp³-hybridized carbons (Fsp3) is 0.800. The van der Waals surface area contributed by atoms with Crippen molar-refractivity contribution in [1.29, 1.82) is 0 Å². The van der Waals surface area contributed by atoms with Crippen molar-refractivity contribution in [2.45, 2.75) is 45.8 Å². The van der Waals surface area contributed by atoms with Gasteiger partial charge in [-0.15, -0.1) is 12.6 Å². The molecule has 0 spiro atoms. The molecule has 0 aromatic heterocycles. The SMILES string of the molecule is [CH2-][C@H](NC[CH-]C)C(C)NC(C)C.[Y]. The summed E-state index contributed by atoms with van der Waals surface area (Å²) in [4.78, 5) is 0. The Kier molecular flexibility index (Phi) is 12.1. The molecular weight excluding hydrogens is 237 g/mol. The van der Waals surface area contributed by atoms with Crippen LogP contribution in [0.5, 0.6) is 0 Å². The van der Waals surface area contributed by atoms with E-state index in [0.29, 0.717) is 12.1 Å². The second kappa shape index (κ2) is 9.57. The van der Waals surface area contributed by atoms with E-state index in [1.165, 1.54) is 0 Å². The molecule has 2 N–H and O–H groups in total. The smallest absolute Gasteiger partial charge is 0.00124 e. The van der Waals surface area contributed by atoms with Crippen molar-refractivity contribution < 1.29 is 32.7 Å². The molecule has 0 fully saturated rings. The van der Waals surface area contributed by atoms with Crippen molar-refractivity contribution in [3.05, 3.63) is 13.3 Å². The van der Waals surface area contributed by atoms with E-state index in [1.54, 1.807) is 0 Å². The Hall–Kier alpha value is 1.02. The molecule has 0 aliphatic heterocycles. The van der Waals surface area contributed by atoms with Gasteiger partial charge in [0.25, 0.3) is 0 Å². The van der Waals surface area contributed by atoms with Crippen LogP contribution in [-0.4, -0.2) is 24.7 Å². The maximum atomic E-state index is 4.03. The second-order valence-corrected chi connectivity index (χ2v) is 3.53. The van der Waals surface area contributed by atoms with Gasteiger partial charge in [-0.3, -0.25) is 0 Å². The van der Waals surface area contributed by atoms with Gasteiger partial charge in [0.15, 0.2) is 0 Å². The molecule has 0 bridgehead atoms. The Labute approximate surface area is 109 Å². The zero-order valence-corrected chi connectivity index (χ0v) is 12.1. The van der Waals surface area contributed by atoms with E-state index in [-0.39, 0.29) is 38.8 Å². The van der Waals surface area contributed by atoms with Crippen LogP contribution in [0.15, 0.2) is 0 Å². The first-order chi connectivity index (χ1) is 5.57. The summed E-state index contributed by atoms with van der Waals surface area (Å²) in [5, 5.41) is 6.72.